The Morgan fingerprint density at radius 3 is 2.41 bits per heavy atom. The van der Waals surface area contributed by atoms with Gasteiger partial charge in [0.1, 0.15) is 0 Å². The topological polar surface area (TPSA) is 26.3 Å². The molecule has 1 saturated carbocycles. The lowest BCUT2D eigenvalue weighted by atomic mass is 9.71. The van der Waals surface area contributed by atoms with Crippen LogP contribution in [-0.4, -0.2) is 12.6 Å². The molecule has 17 heavy (non-hydrogen) atoms. The van der Waals surface area contributed by atoms with Crippen molar-refractivity contribution in [1.82, 2.24) is 0 Å². The van der Waals surface area contributed by atoms with E-state index in [1.807, 2.05) is 13.8 Å². The summed E-state index contributed by atoms with van der Waals surface area (Å²) < 4.78 is 5.16. The van der Waals surface area contributed by atoms with E-state index in [1.165, 1.54) is 38.5 Å². The number of carbonyl (C=O) groups is 1. The largest absolute Gasteiger partial charge is 0.465 e. The molecule has 0 unspecified atom stereocenters. The first-order chi connectivity index (χ1) is 8.13. The molecule has 0 aromatic rings. The number of unbranched alkanes of at least 4 members (excludes halogenated alkanes) is 1. The second kappa shape index (κ2) is 7.73. The third-order valence-corrected chi connectivity index (χ3v) is 3.75. The number of hydrogen-bond acceptors (Lipinski definition) is 2. The van der Waals surface area contributed by atoms with Crippen molar-refractivity contribution in [3.63, 3.8) is 0 Å². The van der Waals surface area contributed by atoms with E-state index in [2.05, 4.69) is 6.92 Å². The molecule has 0 aromatic carbocycles. The molecule has 0 heterocycles. The van der Waals surface area contributed by atoms with Crippen molar-refractivity contribution in [2.24, 2.45) is 17.8 Å². The van der Waals surface area contributed by atoms with Gasteiger partial charge in [0.2, 0.25) is 0 Å². The highest BCUT2D eigenvalue weighted by atomic mass is 16.5. The van der Waals surface area contributed by atoms with Gasteiger partial charge in [0, 0.05) is 0 Å². The Kier molecular flexibility index (Phi) is 6.61. The molecule has 0 bridgehead atoms. The Labute approximate surface area is 106 Å². The van der Waals surface area contributed by atoms with Gasteiger partial charge >= 0.3 is 5.97 Å². The van der Waals surface area contributed by atoms with Crippen LogP contribution in [0.15, 0.2) is 0 Å². The van der Waals surface area contributed by atoms with E-state index in [-0.39, 0.29) is 11.9 Å². The Balaban J connectivity index is 1.88. The highest BCUT2D eigenvalue weighted by Crippen LogP contribution is 2.39. The van der Waals surface area contributed by atoms with Crippen LogP contribution in [0.4, 0.5) is 0 Å². The molecule has 0 atom stereocenters. The maximum Gasteiger partial charge on any atom is 0.308 e. The molecule has 0 saturated heterocycles. The first-order valence-electron chi connectivity index (χ1n) is 7.30. The smallest absolute Gasteiger partial charge is 0.308 e. The maximum atomic E-state index is 11.2. The summed E-state index contributed by atoms with van der Waals surface area (Å²) in [6.45, 7) is 6.65. The van der Waals surface area contributed by atoms with E-state index in [1.54, 1.807) is 0 Å². The van der Waals surface area contributed by atoms with Crippen LogP contribution >= 0.6 is 0 Å². The standard InChI is InChI=1S/C15H28O2/c1-4-7-13-10-14(11-13)8-5-6-9-17-15(16)12(2)3/h12-14H,4-11H2,1-3H3. The first kappa shape index (κ1) is 14.5. The fourth-order valence-electron chi connectivity index (χ4n) is 2.63. The van der Waals surface area contributed by atoms with E-state index >= 15 is 0 Å². The zero-order valence-electron chi connectivity index (χ0n) is 11.7. The summed E-state index contributed by atoms with van der Waals surface area (Å²) in [7, 11) is 0. The predicted molar refractivity (Wildman–Crippen MR) is 70.8 cm³/mol. The van der Waals surface area contributed by atoms with Crippen LogP contribution in [0.25, 0.3) is 0 Å². The molecule has 1 aliphatic carbocycles. The predicted octanol–water partition coefficient (Wildman–Crippen LogP) is 4.18. The second-order valence-electron chi connectivity index (χ2n) is 5.81. The van der Waals surface area contributed by atoms with Crippen LogP contribution in [0.2, 0.25) is 0 Å². The Morgan fingerprint density at radius 2 is 1.82 bits per heavy atom. The first-order valence-corrected chi connectivity index (χ1v) is 7.30. The lowest BCUT2D eigenvalue weighted by Gasteiger charge is -2.35. The summed E-state index contributed by atoms with van der Waals surface area (Å²) in [5, 5.41) is 0. The normalized spacial score (nSPS) is 23.5. The molecular formula is C15H28O2. The molecular weight excluding hydrogens is 212 g/mol. The van der Waals surface area contributed by atoms with Gasteiger partial charge in [-0.2, -0.15) is 0 Å². The molecule has 0 spiro atoms. The van der Waals surface area contributed by atoms with Crippen molar-refractivity contribution in [3.8, 4) is 0 Å². The van der Waals surface area contributed by atoms with Crippen molar-refractivity contribution in [2.75, 3.05) is 6.61 Å². The minimum Gasteiger partial charge on any atom is -0.465 e. The van der Waals surface area contributed by atoms with Gasteiger partial charge in [-0.05, 0) is 37.5 Å². The highest BCUT2D eigenvalue weighted by molar-refractivity contribution is 5.71. The van der Waals surface area contributed by atoms with Crippen molar-refractivity contribution < 1.29 is 9.53 Å². The third-order valence-electron chi connectivity index (χ3n) is 3.75. The summed E-state index contributed by atoms with van der Waals surface area (Å²) in [4.78, 5) is 11.2. The fraction of sp³-hybridized carbons (Fsp3) is 0.933. The summed E-state index contributed by atoms with van der Waals surface area (Å²) in [6, 6.07) is 0. The Morgan fingerprint density at radius 1 is 1.18 bits per heavy atom. The van der Waals surface area contributed by atoms with Gasteiger partial charge in [0.05, 0.1) is 12.5 Å². The van der Waals surface area contributed by atoms with E-state index in [4.69, 9.17) is 4.74 Å². The molecule has 1 fully saturated rings. The number of ether oxygens (including phenoxy) is 1. The maximum absolute atomic E-state index is 11.2. The number of rotatable bonds is 8. The summed E-state index contributed by atoms with van der Waals surface area (Å²) in [5.74, 6) is 1.93. The van der Waals surface area contributed by atoms with Gasteiger partial charge in [-0.15, -0.1) is 0 Å². The van der Waals surface area contributed by atoms with Gasteiger partial charge in [0.15, 0.2) is 0 Å². The number of hydrogen-bond donors (Lipinski definition) is 0. The molecule has 0 amide bonds. The van der Waals surface area contributed by atoms with Crippen LogP contribution in [-0.2, 0) is 9.53 Å². The summed E-state index contributed by atoms with van der Waals surface area (Å²) in [5.41, 5.74) is 0. The quantitative estimate of drug-likeness (QED) is 0.470. The third kappa shape index (κ3) is 5.56. The molecule has 1 rings (SSSR count). The van der Waals surface area contributed by atoms with Gasteiger partial charge in [-0.1, -0.05) is 40.0 Å². The van der Waals surface area contributed by atoms with Gasteiger partial charge in [-0.3, -0.25) is 4.79 Å². The van der Waals surface area contributed by atoms with Crippen LogP contribution in [0, 0.1) is 17.8 Å². The highest BCUT2D eigenvalue weighted by Gasteiger charge is 2.27. The van der Waals surface area contributed by atoms with Crippen LogP contribution in [0.3, 0.4) is 0 Å². The monoisotopic (exact) mass is 240 g/mol. The zero-order chi connectivity index (χ0) is 12.7. The summed E-state index contributed by atoms with van der Waals surface area (Å²) >= 11 is 0. The molecule has 0 aliphatic heterocycles. The van der Waals surface area contributed by atoms with Gasteiger partial charge in [-0.25, -0.2) is 0 Å². The van der Waals surface area contributed by atoms with Crippen molar-refractivity contribution >= 4 is 5.97 Å². The van der Waals surface area contributed by atoms with Crippen molar-refractivity contribution in [3.05, 3.63) is 0 Å². The number of carbonyl (C=O) groups excluding carboxylic acids is 1. The molecule has 100 valence electrons. The fourth-order valence-corrected chi connectivity index (χ4v) is 2.63. The molecule has 0 N–H and O–H groups in total. The lowest BCUT2D eigenvalue weighted by molar-refractivity contribution is -0.147. The lowest BCUT2D eigenvalue weighted by Crippen LogP contribution is -2.23. The summed E-state index contributed by atoms with van der Waals surface area (Å²) in [6.07, 6.45) is 9.23. The molecule has 2 nitrogen and oxygen atoms in total. The van der Waals surface area contributed by atoms with Crippen LogP contribution < -0.4 is 0 Å². The minimum atomic E-state index is -0.0587. The average molecular weight is 240 g/mol. The van der Waals surface area contributed by atoms with E-state index in [9.17, 15) is 4.79 Å². The van der Waals surface area contributed by atoms with E-state index < -0.39 is 0 Å². The van der Waals surface area contributed by atoms with Gasteiger partial charge < -0.3 is 4.74 Å². The Hall–Kier alpha value is -0.530. The molecule has 0 radical (unpaired) electrons. The van der Waals surface area contributed by atoms with Crippen LogP contribution in [0.1, 0.15) is 65.7 Å². The van der Waals surface area contributed by atoms with Crippen molar-refractivity contribution in [1.29, 1.82) is 0 Å². The zero-order valence-corrected chi connectivity index (χ0v) is 11.7. The average Bonchev–Trinajstić information content (AvgIpc) is 2.24. The number of esters is 1. The van der Waals surface area contributed by atoms with Gasteiger partial charge in [0.25, 0.3) is 0 Å². The molecule has 0 aromatic heterocycles. The second-order valence-corrected chi connectivity index (χ2v) is 5.81. The van der Waals surface area contributed by atoms with Crippen molar-refractivity contribution in [2.45, 2.75) is 65.7 Å². The minimum absolute atomic E-state index is 0.0106. The molecule has 2 heteroatoms. The van der Waals surface area contributed by atoms with E-state index in [0.29, 0.717) is 6.61 Å². The van der Waals surface area contributed by atoms with Crippen LogP contribution in [0.5, 0.6) is 0 Å². The Bertz CT molecular complexity index is 217. The SMILES string of the molecule is CCCC1CC(CCCCOC(=O)C(C)C)C1. The van der Waals surface area contributed by atoms with E-state index in [0.717, 1.165) is 18.3 Å². The molecule has 1 aliphatic rings.